The number of allylic oxidation sites excluding steroid dienone is 1. The molecule has 0 aromatic carbocycles. The molecule has 2 N–H and O–H groups in total. The molecule has 4 nitrogen and oxygen atoms in total. The van der Waals surface area contributed by atoms with Crippen molar-refractivity contribution < 1.29 is 19.1 Å². The molecule has 0 aromatic heterocycles. The van der Waals surface area contributed by atoms with Gasteiger partial charge < -0.3 is 14.5 Å². The van der Waals surface area contributed by atoms with Crippen LogP contribution in [0.1, 0.15) is 13.8 Å². The van der Waals surface area contributed by atoms with Gasteiger partial charge in [0.05, 0.1) is 6.61 Å². The van der Waals surface area contributed by atoms with Crippen molar-refractivity contribution >= 4 is 7.60 Å². The Morgan fingerprint density at radius 1 is 1.55 bits per heavy atom. The Morgan fingerprint density at radius 2 is 2.09 bits per heavy atom. The van der Waals surface area contributed by atoms with Crippen molar-refractivity contribution in [1.29, 1.82) is 0 Å². The van der Waals surface area contributed by atoms with Crippen LogP contribution in [0.3, 0.4) is 0 Å². The van der Waals surface area contributed by atoms with E-state index in [9.17, 15) is 4.57 Å². The molecule has 0 atom stereocenters. The molecule has 11 heavy (non-hydrogen) atoms. The molecule has 0 amide bonds. The third-order valence-corrected chi connectivity index (χ3v) is 1.39. The van der Waals surface area contributed by atoms with Crippen LogP contribution in [-0.4, -0.2) is 22.7 Å². The van der Waals surface area contributed by atoms with E-state index in [1.165, 1.54) is 0 Å². The van der Waals surface area contributed by atoms with Gasteiger partial charge in [-0.25, -0.2) is 0 Å². The van der Waals surface area contributed by atoms with E-state index >= 15 is 0 Å². The number of hydrogen-bond donors (Lipinski definition) is 2. The predicted molar refractivity (Wildman–Crippen MR) is 42.3 cm³/mol. The Balaban J connectivity index is 3.44. The average molecular weight is 180 g/mol. The van der Waals surface area contributed by atoms with Gasteiger partial charge in [-0.15, -0.1) is 0 Å². The average Bonchev–Trinajstić information content (AvgIpc) is 1.78. The fourth-order valence-electron chi connectivity index (χ4n) is 0.397. The van der Waals surface area contributed by atoms with Gasteiger partial charge in [-0.05, 0) is 13.8 Å². The first-order chi connectivity index (χ1) is 4.92. The van der Waals surface area contributed by atoms with Gasteiger partial charge in [-0.1, -0.05) is 11.6 Å². The summed E-state index contributed by atoms with van der Waals surface area (Å²) in [7, 11) is -3.98. The van der Waals surface area contributed by atoms with Crippen molar-refractivity contribution in [1.82, 2.24) is 0 Å². The Bertz CT molecular complexity index is 177. The largest absolute Gasteiger partial charge is 0.365 e. The molecule has 0 bridgehead atoms. The zero-order valence-electron chi connectivity index (χ0n) is 6.65. The van der Waals surface area contributed by atoms with Crippen molar-refractivity contribution in [2.75, 3.05) is 13.0 Å². The van der Waals surface area contributed by atoms with Gasteiger partial charge in [0, 0.05) is 0 Å². The molecule has 0 fully saturated rings. The summed E-state index contributed by atoms with van der Waals surface area (Å²) in [5, 5.41) is 0. The van der Waals surface area contributed by atoms with Gasteiger partial charge in [0.25, 0.3) is 0 Å². The molecule has 5 heteroatoms. The highest BCUT2D eigenvalue weighted by atomic mass is 31.2. The second-order valence-electron chi connectivity index (χ2n) is 2.45. The maximum atomic E-state index is 10.2. The maximum absolute atomic E-state index is 10.2. The van der Waals surface area contributed by atoms with Crippen LogP contribution in [0.15, 0.2) is 11.6 Å². The number of rotatable bonds is 4. The Hall–Kier alpha value is -0.150. The molecule has 0 aromatic rings. The Morgan fingerprint density at radius 3 is 2.45 bits per heavy atom. The molecule has 0 spiro atoms. The minimum Gasteiger partial charge on any atom is -0.365 e. The predicted octanol–water partition coefficient (Wildman–Crippen LogP) is 1.10. The maximum Gasteiger partial charge on any atom is 0.350 e. The first kappa shape index (κ1) is 10.8. The molecule has 0 unspecified atom stereocenters. The lowest BCUT2D eigenvalue weighted by Gasteiger charge is -2.02. The molecule has 0 aliphatic carbocycles. The third-order valence-electron chi connectivity index (χ3n) is 0.869. The summed E-state index contributed by atoms with van der Waals surface area (Å²) in [6.07, 6.45) is 1.26. The van der Waals surface area contributed by atoms with Crippen LogP contribution in [0.2, 0.25) is 0 Å². The van der Waals surface area contributed by atoms with Gasteiger partial charge in [0.15, 0.2) is 0 Å². The fraction of sp³-hybridized carbons (Fsp3) is 0.667. The minimum atomic E-state index is -3.98. The molecule has 0 aliphatic rings. The monoisotopic (exact) mass is 180 g/mol. The summed E-state index contributed by atoms with van der Waals surface area (Å²) in [5.41, 5.74) is 1.07. The lowest BCUT2D eigenvalue weighted by Crippen LogP contribution is -1.95. The molecular formula is C6H13O4P. The van der Waals surface area contributed by atoms with Gasteiger partial charge in [0.1, 0.15) is 6.35 Å². The van der Waals surface area contributed by atoms with Crippen molar-refractivity contribution in [3.63, 3.8) is 0 Å². The Kier molecular flexibility index (Phi) is 4.61. The first-order valence-corrected chi connectivity index (χ1v) is 4.97. The third kappa shape index (κ3) is 9.85. The van der Waals surface area contributed by atoms with E-state index in [0.29, 0.717) is 0 Å². The van der Waals surface area contributed by atoms with Gasteiger partial charge in [-0.3, -0.25) is 4.57 Å². The zero-order valence-corrected chi connectivity index (χ0v) is 7.54. The quantitative estimate of drug-likeness (QED) is 0.386. The van der Waals surface area contributed by atoms with Crippen LogP contribution < -0.4 is 0 Å². The molecule has 0 aliphatic heterocycles. The molecule has 0 saturated heterocycles. The van der Waals surface area contributed by atoms with Gasteiger partial charge in [-0.2, -0.15) is 0 Å². The van der Waals surface area contributed by atoms with Gasteiger partial charge >= 0.3 is 7.60 Å². The number of hydrogen-bond acceptors (Lipinski definition) is 2. The molecule has 0 saturated carbocycles. The Labute approximate surface area is 66.0 Å². The van der Waals surface area contributed by atoms with Crippen LogP contribution in [-0.2, 0) is 9.30 Å². The van der Waals surface area contributed by atoms with E-state index in [-0.39, 0.29) is 6.61 Å². The van der Waals surface area contributed by atoms with Crippen LogP contribution in [0.25, 0.3) is 0 Å². The highest BCUT2D eigenvalue weighted by Crippen LogP contribution is 2.33. The van der Waals surface area contributed by atoms with E-state index < -0.39 is 13.9 Å². The van der Waals surface area contributed by atoms with E-state index in [4.69, 9.17) is 9.79 Å². The molecule has 66 valence electrons. The van der Waals surface area contributed by atoms with E-state index in [0.717, 1.165) is 5.57 Å². The molecule has 0 heterocycles. The highest BCUT2D eigenvalue weighted by molar-refractivity contribution is 7.51. The minimum absolute atomic E-state index is 0.257. The standard InChI is InChI=1S/C6H13O4P/c1-6(2)3-4-10-5-11(7,8)9/h3H,4-5H2,1-2H3,(H2,7,8,9). The lowest BCUT2D eigenvalue weighted by molar-refractivity contribution is 0.184. The smallest absolute Gasteiger partial charge is 0.350 e. The van der Waals surface area contributed by atoms with E-state index in [2.05, 4.69) is 4.74 Å². The van der Waals surface area contributed by atoms with Crippen molar-refractivity contribution in [2.24, 2.45) is 0 Å². The fourth-order valence-corrected chi connectivity index (χ4v) is 0.740. The van der Waals surface area contributed by atoms with Crippen molar-refractivity contribution in [3.05, 3.63) is 11.6 Å². The topological polar surface area (TPSA) is 66.8 Å². The summed E-state index contributed by atoms with van der Waals surface area (Å²) < 4.78 is 14.9. The molecule has 0 radical (unpaired) electrons. The van der Waals surface area contributed by atoms with Crippen molar-refractivity contribution in [2.45, 2.75) is 13.8 Å². The summed E-state index contributed by atoms with van der Waals surface area (Å²) in [6.45, 7) is 4.04. The SMILES string of the molecule is CC(C)=CCOCP(=O)(O)O. The number of ether oxygens (including phenoxy) is 1. The second kappa shape index (κ2) is 4.67. The second-order valence-corrected chi connectivity index (χ2v) is 4.03. The summed E-state index contributed by atoms with van der Waals surface area (Å²) in [4.78, 5) is 16.7. The summed E-state index contributed by atoms with van der Waals surface area (Å²) >= 11 is 0. The van der Waals surface area contributed by atoms with E-state index in [1.807, 2.05) is 13.8 Å². The highest BCUT2D eigenvalue weighted by Gasteiger charge is 2.11. The summed E-state index contributed by atoms with van der Waals surface area (Å²) in [5.74, 6) is 0. The normalized spacial score (nSPS) is 11.3. The first-order valence-electron chi connectivity index (χ1n) is 3.17. The zero-order chi connectivity index (χ0) is 8.91. The van der Waals surface area contributed by atoms with Crippen LogP contribution in [0, 0.1) is 0 Å². The molecule has 0 rings (SSSR count). The van der Waals surface area contributed by atoms with Crippen LogP contribution in [0.4, 0.5) is 0 Å². The van der Waals surface area contributed by atoms with Crippen LogP contribution >= 0.6 is 7.60 Å². The van der Waals surface area contributed by atoms with E-state index in [1.54, 1.807) is 6.08 Å². The van der Waals surface area contributed by atoms with Crippen LogP contribution in [0.5, 0.6) is 0 Å². The summed E-state index contributed by atoms with van der Waals surface area (Å²) in [6, 6.07) is 0. The van der Waals surface area contributed by atoms with Gasteiger partial charge in [0.2, 0.25) is 0 Å². The molecular weight excluding hydrogens is 167 g/mol. The van der Waals surface area contributed by atoms with Crippen molar-refractivity contribution in [3.8, 4) is 0 Å². The lowest BCUT2D eigenvalue weighted by atomic mass is 10.3.